The monoisotopic (exact) mass is 312 g/mol. The van der Waals surface area contributed by atoms with Crippen LogP contribution in [-0.2, 0) is 11.2 Å². The second kappa shape index (κ2) is 5.57. The molecule has 0 saturated heterocycles. The van der Waals surface area contributed by atoms with E-state index in [0.717, 1.165) is 9.77 Å². The Kier molecular flexibility index (Phi) is 4.19. The van der Waals surface area contributed by atoms with E-state index in [-0.39, 0.29) is 17.1 Å². The van der Waals surface area contributed by atoms with Crippen molar-refractivity contribution in [3.05, 3.63) is 16.0 Å². The number of fused-ring (bicyclic) bond motifs is 1. The average molecular weight is 312 g/mol. The number of carbonyl (C=O) groups is 3. The van der Waals surface area contributed by atoms with Crippen molar-refractivity contribution in [2.24, 2.45) is 5.41 Å². The third-order valence-electron chi connectivity index (χ3n) is 3.18. The standard InChI is InChI=1S/C13H16N2O3S2/c1-13(2)4-7-9(8(17)5-13)12(19-3)20-10(7)11(18)15-14-6-16/h6H,4-5H2,1-3H3,(H,14,16)(H,15,18). The third-order valence-corrected chi connectivity index (χ3v) is 5.53. The van der Waals surface area contributed by atoms with Crippen LogP contribution in [0, 0.1) is 5.41 Å². The van der Waals surface area contributed by atoms with Gasteiger partial charge < -0.3 is 0 Å². The van der Waals surface area contributed by atoms with Crippen molar-refractivity contribution in [2.75, 3.05) is 6.26 Å². The maximum Gasteiger partial charge on any atom is 0.280 e. The number of hydrazine groups is 1. The van der Waals surface area contributed by atoms with Crippen molar-refractivity contribution >= 4 is 41.2 Å². The zero-order valence-corrected chi connectivity index (χ0v) is 13.2. The molecule has 0 atom stereocenters. The van der Waals surface area contributed by atoms with Crippen LogP contribution in [0.5, 0.6) is 0 Å². The second-order valence-corrected chi connectivity index (χ2v) is 7.53. The maximum atomic E-state index is 12.3. The van der Waals surface area contributed by atoms with E-state index >= 15 is 0 Å². The zero-order chi connectivity index (χ0) is 14.9. The van der Waals surface area contributed by atoms with Crippen LogP contribution in [-0.4, -0.2) is 24.4 Å². The Hall–Kier alpha value is -1.34. The minimum atomic E-state index is -0.371. The Balaban J connectivity index is 2.47. The first-order valence-corrected chi connectivity index (χ1v) is 8.16. The molecule has 1 aliphatic rings. The molecule has 1 aromatic heterocycles. The number of ketones is 1. The molecule has 0 saturated carbocycles. The van der Waals surface area contributed by atoms with Crippen molar-refractivity contribution in [2.45, 2.75) is 30.9 Å². The molecule has 2 N–H and O–H groups in total. The highest BCUT2D eigenvalue weighted by Gasteiger charge is 2.37. The molecule has 20 heavy (non-hydrogen) atoms. The summed E-state index contributed by atoms with van der Waals surface area (Å²) in [6.45, 7) is 4.05. The van der Waals surface area contributed by atoms with Crippen molar-refractivity contribution in [1.29, 1.82) is 0 Å². The molecule has 0 radical (unpaired) electrons. The molecule has 1 heterocycles. The summed E-state index contributed by atoms with van der Waals surface area (Å²) in [6.07, 6.45) is 3.49. The number of Topliss-reactive ketones (excluding diaryl/α,β-unsaturated/α-hetero) is 1. The summed E-state index contributed by atoms with van der Waals surface area (Å²) >= 11 is 2.79. The van der Waals surface area contributed by atoms with Crippen LogP contribution in [0.15, 0.2) is 4.21 Å². The molecule has 1 aromatic rings. The summed E-state index contributed by atoms with van der Waals surface area (Å²) in [6, 6.07) is 0. The molecule has 1 aliphatic carbocycles. The first-order chi connectivity index (χ1) is 9.39. The second-order valence-electron chi connectivity index (χ2n) is 5.43. The van der Waals surface area contributed by atoms with Gasteiger partial charge in [0.15, 0.2) is 5.78 Å². The molecule has 0 unspecified atom stereocenters. The average Bonchev–Trinajstić information content (AvgIpc) is 2.73. The SMILES string of the molecule is CSc1sc(C(=O)NNC=O)c2c1C(=O)CC(C)(C)C2. The molecule has 0 spiro atoms. The van der Waals surface area contributed by atoms with Crippen LogP contribution in [0.25, 0.3) is 0 Å². The topological polar surface area (TPSA) is 75.3 Å². The first-order valence-electron chi connectivity index (χ1n) is 6.12. The lowest BCUT2D eigenvalue weighted by molar-refractivity contribution is -0.110. The molecular formula is C13H16N2O3S2. The van der Waals surface area contributed by atoms with Gasteiger partial charge >= 0.3 is 0 Å². The highest BCUT2D eigenvalue weighted by atomic mass is 32.2. The van der Waals surface area contributed by atoms with E-state index in [1.807, 2.05) is 20.1 Å². The quantitative estimate of drug-likeness (QED) is 0.507. The van der Waals surface area contributed by atoms with Gasteiger partial charge in [0, 0.05) is 12.0 Å². The number of nitrogens with one attached hydrogen (secondary N) is 2. The van der Waals surface area contributed by atoms with Gasteiger partial charge in [-0.15, -0.1) is 23.1 Å². The highest BCUT2D eigenvalue weighted by Crippen LogP contribution is 2.44. The normalized spacial score (nSPS) is 16.4. The summed E-state index contributed by atoms with van der Waals surface area (Å²) in [5, 5.41) is 0. The van der Waals surface area contributed by atoms with E-state index in [1.165, 1.54) is 23.1 Å². The fourth-order valence-corrected chi connectivity index (χ4v) is 4.43. The van der Waals surface area contributed by atoms with E-state index in [9.17, 15) is 14.4 Å². The molecule has 0 aromatic carbocycles. The third kappa shape index (κ3) is 2.73. The largest absolute Gasteiger partial charge is 0.294 e. The lowest BCUT2D eigenvalue weighted by Gasteiger charge is -2.29. The van der Waals surface area contributed by atoms with Crippen molar-refractivity contribution in [3.63, 3.8) is 0 Å². The lowest BCUT2D eigenvalue weighted by atomic mass is 9.74. The van der Waals surface area contributed by atoms with Gasteiger partial charge in [-0.1, -0.05) is 13.8 Å². The maximum absolute atomic E-state index is 12.3. The van der Waals surface area contributed by atoms with Crippen LogP contribution in [0.4, 0.5) is 0 Å². The summed E-state index contributed by atoms with van der Waals surface area (Å²) in [7, 11) is 0. The molecule has 2 rings (SSSR count). The Morgan fingerprint density at radius 2 is 2.10 bits per heavy atom. The van der Waals surface area contributed by atoms with Gasteiger partial charge in [0.05, 0.1) is 9.09 Å². The number of carbonyl (C=O) groups excluding carboxylic acids is 3. The number of amides is 2. The Bertz CT molecular complexity index is 578. The first kappa shape index (κ1) is 15.1. The summed E-state index contributed by atoms with van der Waals surface area (Å²) < 4.78 is 0.872. The van der Waals surface area contributed by atoms with E-state index in [2.05, 4.69) is 10.9 Å². The molecule has 7 heteroatoms. The number of rotatable bonds is 4. The summed E-state index contributed by atoms with van der Waals surface area (Å²) in [5.74, 6) is -0.275. The smallest absolute Gasteiger partial charge is 0.280 e. The van der Waals surface area contributed by atoms with Crippen molar-refractivity contribution < 1.29 is 14.4 Å². The van der Waals surface area contributed by atoms with Gasteiger partial charge in [0.25, 0.3) is 5.91 Å². The van der Waals surface area contributed by atoms with Gasteiger partial charge in [-0.3, -0.25) is 25.2 Å². The van der Waals surface area contributed by atoms with Gasteiger partial charge in [0.1, 0.15) is 0 Å². The molecule has 0 bridgehead atoms. The molecule has 5 nitrogen and oxygen atoms in total. The minimum absolute atomic E-state index is 0.0965. The van der Waals surface area contributed by atoms with Gasteiger partial charge in [-0.25, -0.2) is 0 Å². The Morgan fingerprint density at radius 3 is 2.70 bits per heavy atom. The molecular weight excluding hydrogens is 296 g/mol. The minimum Gasteiger partial charge on any atom is -0.294 e. The van der Waals surface area contributed by atoms with Crippen molar-refractivity contribution in [3.8, 4) is 0 Å². The molecule has 0 fully saturated rings. The highest BCUT2D eigenvalue weighted by molar-refractivity contribution is 8.00. The molecule has 108 valence electrons. The Labute approximate surface area is 125 Å². The number of hydrogen-bond acceptors (Lipinski definition) is 5. The number of hydrogen-bond donors (Lipinski definition) is 2. The number of thiophene rings is 1. The predicted octanol–water partition coefficient (Wildman–Crippen LogP) is 2.02. The van der Waals surface area contributed by atoms with E-state index in [1.54, 1.807) is 0 Å². The van der Waals surface area contributed by atoms with Gasteiger partial charge in [-0.05, 0) is 23.7 Å². The predicted molar refractivity (Wildman–Crippen MR) is 79.2 cm³/mol. The fraction of sp³-hybridized carbons (Fsp3) is 0.462. The van der Waals surface area contributed by atoms with Gasteiger partial charge in [-0.2, -0.15) is 0 Å². The van der Waals surface area contributed by atoms with Crippen LogP contribution >= 0.6 is 23.1 Å². The van der Waals surface area contributed by atoms with Gasteiger partial charge in [0.2, 0.25) is 6.41 Å². The van der Waals surface area contributed by atoms with E-state index in [4.69, 9.17) is 0 Å². The molecule has 2 amide bonds. The van der Waals surface area contributed by atoms with Crippen LogP contribution in [0.3, 0.4) is 0 Å². The fourth-order valence-electron chi connectivity index (χ4n) is 2.44. The van der Waals surface area contributed by atoms with E-state index < -0.39 is 0 Å². The summed E-state index contributed by atoms with van der Waals surface area (Å²) in [5.41, 5.74) is 5.82. The zero-order valence-electron chi connectivity index (χ0n) is 11.5. The molecule has 0 aliphatic heterocycles. The van der Waals surface area contributed by atoms with Crippen molar-refractivity contribution in [1.82, 2.24) is 10.9 Å². The van der Waals surface area contributed by atoms with E-state index in [0.29, 0.717) is 29.7 Å². The van der Waals surface area contributed by atoms with Crippen LogP contribution < -0.4 is 10.9 Å². The lowest BCUT2D eigenvalue weighted by Crippen LogP contribution is -2.37. The van der Waals surface area contributed by atoms with Crippen LogP contribution in [0.2, 0.25) is 0 Å². The number of thioether (sulfide) groups is 1. The summed E-state index contributed by atoms with van der Waals surface area (Å²) in [4.78, 5) is 35.2. The Morgan fingerprint density at radius 1 is 1.40 bits per heavy atom. The van der Waals surface area contributed by atoms with Crippen LogP contribution in [0.1, 0.15) is 45.9 Å².